The third kappa shape index (κ3) is 3.09. The molecular weight excluding hydrogens is 200 g/mol. The second-order valence-corrected chi connectivity index (χ2v) is 3.58. The van der Waals surface area contributed by atoms with Gasteiger partial charge < -0.3 is 5.32 Å². The molecule has 16 heavy (non-hydrogen) atoms. The third-order valence-electron chi connectivity index (χ3n) is 2.48. The highest BCUT2D eigenvalue weighted by Crippen LogP contribution is 2.13. The molecule has 1 amide bonds. The van der Waals surface area contributed by atoms with E-state index in [1.807, 2.05) is 24.3 Å². The van der Waals surface area contributed by atoms with Crippen LogP contribution in [0.5, 0.6) is 0 Å². The molecule has 1 aromatic rings. The SMILES string of the molecule is CCC(=O)NC(C#N)c1ccc(CC)cc1. The van der Waals surface area contributed by atoms with Gasteiger partial charge in [-0.3, -0.25) is 4.79 Å². The van der Waals surface area contributed by atoms with Gasteiger partial charge in [-0.25, -0.2) is 0 Å². The lowest BCUT2D eigenvalue weighted by Gasteiger charge is -2.11. The van der Waals surface area contributed by atoms with Gasteiger partial charge in [-0.1, -0.05) is 38.1 Å². The lowest BCUT2D eigenvalue weighted by atomic mass is 10.0. The van der Waals surface area contributed by atoms with E-state index >= 15 is 0 Å². The number of hydrogen-bond acceptors (Lipinski definition) is 2. The van der Waals surface area contributed by atoms with Crippen molar-refractivity contribution in [1.29, 1.82) is 5.26 Å². The van der Waals surface area contributed by atoms with E-state index in [1.165, 1.54) is 5.56 Å². The Kier molecular flexibility index (Phi) is 4.53. The first kappa shape index (κ1) is 12.3. The lowest BCUT2D eigenvalue weighted by molar-refractivity contribution is -0.121. The lowest BCUT2D eigenvalue weighted by Crippen LogP contribution is -2.26. The molecule has 0 saturated heterocycles. The topological polar surface area (TPSA) is 52.9 Å². The standard InChI is InChI=1S/C13H16N2O/c1-3-10-5-7-11(8-6-10)12(9-14)15-13(16)4-2/h5-8,12H,3-4H2,1-2H3,(H,15,16). The Morgan fingerprint density at radius 2 is 2.00 bits per heavy atom. The van der Waals surface area contributed by atoms with E-state index in [1.54, 1.807) is 6.92 Å². The Morgan fingerprint density at radius 3 is 2.44 bits per heavy atom. The van der Waals surface area contributed by atoms with E-state index in [-0.39, 0.29) is 5.91 Å². The van der Waals surface area contributed by atoms with Crippen LogP contribution in [0.4, 0.5) is 0 Å². The van der Waals surface area contributed by atoms with Crippen molar-refractivity contribution >= 4 is 5.91 Å². The molecule has 0 spiro atoms. The molecule has 0 aliphatic carbocycles. The van der Waals surface area contributed by atoms with Gasteiger partial charge in [0.2, 0.25) is 5.91 Å². The van der Waals surface area contributed by atoms with Crippen LogP contribution in [0.25, 0.3) is 0 Å². The molecule has 0 radical (unpaired) electrons. The van der Waals surface area contributed by atoms with Crippen molar-refractivity contribution in [3.63, 3.8) is 0 Å². The van der Waals surface area contributed by atoms with E-state index in [4.69, 9.17) is 5.26 Å². The Balaban J connectivity index is 2.79. The Morgan fingerprint density at radius 1 is 1.38 bits per heavy atom. The van der Waals surface area contributed by atoms with Crippen molar-refractivity contribution in [2.24, 2.45) is 0 Å². The average Bonchev–Trinajstić information content (AvgIpc) is 2.35. The molecule has 1 N–H and O–H groups in total. The summed E-state index contributed by atoms with van der Waals surface area (Å²) in [5.41, 5.74) is 2.06. The molecule has 0 heterocycles. The number of hydrogen-bond donors (Lipinski definition) is 1. The van der Waals surface area contributed by atoms with Gasteiger partial charge in [0.15, 0.2) is 0 Å². The number of aryl methyl sites for hydroxylation is 1. The van der Waals surface area contributed by atoms with Crippen LogP contribution >= 0.6 is 0 Å². The second kappa shape index (κ2) is 5.92. The molecule has 84 valence electrons. The monoisotopic (exact) mass is 216 g/mol. The smallest absolute Gasteiger partial charge is 0.221 e. The Labute approximate surface area is 96.1 Å². The minimum absolute atomic E-state index is 0.105. The zero-order chi connectivity index (χ0) is 12.0. The first-order valence-corrected chi connectivity index (χ1v) is 5.49. The molecule has 0 saturated carbocycles. The number of nitrogens with one attached hydrogen (secondary N) is 1. The van der Waals surface area contributed by atoms with Crippen LogP contribution in [-0.4, -0.2) is 5.91 Å². The fourth-order valence-corrected chi connectivity index (χ4v) is 1.40. The third-order valence-corrected chi connectivity index (χ3v) is 2.48. The van der Waals surface area contributed by atoms with Crippen LogP contribution in [0.3, 0.4) is 0 Å². The number of rotatable bonds is 4. The largest absolute Gasteiger partial charge is 0.337 e. The summed E-state index contributed by atoms with van der Waals surface area (Å²) in [5, 5.41) is 11.7. The van der Waals surface area contributed by atoms with Crippen molar-refractivity contribution in [2.75, 3.05) is 0 Å². The molecule has 3 nitrogen and oxygen atoms in total. The molecule has 1 atom stereocenters. The molecule has 1 unspecified atom stereocenters. The molecule has 3 heteroatoms. The molecule has 0 aliphatic heterocycles. The van der Waals surface area contributed by atoms with Crippen molar-refractivity contribution in [1.82, 2.24) is 5.32 Å². The summed E-state index contributed by atoms with van der Waals surface area (Å²) in [4.78, 5) is 11.2. The molecule has 1 aromatic carbocycles. The quantitative estimate of drug-likeness (QED) is 0.839. The molecule has 1 rings (SSSR count). The molecule has 0 aromatic heterocycles. The number of benzene rings is 1. The second-order valence-electron chi connectivity index (χ2n) is 3.58. The number of nitrogens with zero attached hydrogens (tertiary/aromatic N) is 1. The summed E-state index contributed by atoms with van der Waals surface area (Å²) in [7, 11) is 0. The van der Waals surface area contributed by atoms with Crippen LogP contribution in [0.15, 0.2) is 24.3 Å². The van der Waals surface area contributed by atoms with Gasteiger partial charge in [0, 0.05) is 6.42 Å². The zero-order valence-corrected chi connectivity index (χ0v) is 9.66. The fourth-order valence-electron chi connectivity index (χ4n) is 1.40. The van der Waals surface area contributed by atoms with Crippen molar-refractivity contribution in [3.8, 4) is 6.07 Å². The van der Waals surface area contributed by atoms with E-state index in [0.29, 0.717) is 6.42 Å². The highest BCUT2D eigenvalue weighted by atomic mass is 16.1. The summed E-state index contributed by atoms with van der Waals surface area (Å²) in [5.74, 6) is -0.105. The van der Waals surface area contributed by atoms with Gasteiger partial charge >= 0.3 is 0 Å². The predicted octanol–water partition coefficient (Wildman–Crippen LogP) is 2.34. The van der Waals surface area contributed by atoms with Gasteiger partial charge in [0.25, 0.3) is 0 Å². The van der Waals surface area contributed by atoms with E-state index in [2.05, 4.69) is 18.3 Å². The van der Waals surface area contributed by atoms with Crippen molar-refractivity contribution < 1.29 is 4.79 Å². The van der Waals surface area contributed by atoms with Gasteiger partial charge in [0.05, 0.1) is 6.07 Å². The van der Waals surface area contributed by atoms with Crippen molar-refractivity contribution in [3.05, 3.63) is 35.4 Å². The van der Waals surface area contributed by atoms with Gasteiger partial charge in [-0.2, -0.15) is 5.26 Å². The molecule has 0 bridgehead atoms. The normalized spacial score (nSPS) is 11.6. The predicted molar refractivity (Wildman–Crippen MR) is 62.6 cm³/mol. The fraction of sp³-hybridized carbons (Fsp3) is 0.385. The van der Waals surface area contributed by atoms with Crippen LogP contribution < -0.4 is 5.32 Å². The van der Waals surface area contributed by atoms with Crippen LogP contribution in [0.1, 0.15) is 37.4 Å². The summed E-state index contributed by atoms with van der Waals surface area (Å²) in [6.45, 7) is 3.85. The zero-order valence-electron chi connectivity index (χ0n) is 9.66. The summed E-state index contributed by atoms with van der Waals surface area (Å²) < 4.78 is 0. The minimum Gasteiger partial charge on any atom is -0.337 e. The number of carbonyl (C=O) groups is 1. The number of nitriles is 1. The minimum atomic E-state index is -0.543. The number of carbonyl (C=O) groups excluding carboxylic acids is 1. The van der Waals surface area contributed by atoms with Gasteiger partial charge in [-0.15, -0.1) is 0 Å². The van der Waals surface area contributed by atoms with E-state index in [0.717, 1.165) is 12.0 Å². The molecule has 0 fully saturated rings. The summed E-state index contributed by atoms with van der Waals surface area (Å²) in [6, 6.07) is 9.30. The first-order valence-electron chi connectivity index (χ1n) is 5.49. The average molecular weight is 216 g/mol. The molecular formula is C13H16N2O. The van der Waals surface area contributed by atoms with Crippen LogP contribution in [0.2, 0.25) is 0 Å². The maximum absolute atomic E-state index is 11.2. The summed E-state index contributed by atoms with van der Waals surface area (Å²) in [6.07, 6.45) is 1.37. The van der Waals surface area contributed by atoms with Crippen LogP contribution in [0, 0.1) is 11.3 Å². The first-order chi connectivity index (χ1) is 7.71. The highest BCUT2D eigenvalue weighted by Gasteiger charge is 2.11. The van der Waals surface area contributed by atoms with Gasteiger partial charge in [-0.05, 0) is 17.5 Å². The Bertz CT molecular complexity index is 389. The number of amides is 1. The van der Waals surface area contributed by atoms with E-state index < -0.39 is 6.04 Å². The van der Waals surface area contributed by atoms with E-state index in [9.17, 15) is 4.79 Å². The van der Waals surface area contributed by atoms with Crippen LogP contribution in [-0.2, 0) is 11.2 Å². The van der Waals surface area contributed by atoms with Crippen molar-refractivity contribution in [2.45, 2.75) is 32.7 Å². The maximum Gasteiger partial charge on any atom is 0.221 e. The Hall–Kier alpha value is -1.82. The highest BCUT2D eigenvalue weighted by molar-refractivity contribution is 5.76. The maximum atomic E-state index is 11.2. The molecule has 0 aliphatic rings. The summed E-state index contributed by atoms with van der Waals surface area (Å²) >= 11 is 0. The van der Waals surface area contributed by atoms with Gasteiger partial charge in [0.1, 0.15) is 6.04 Å².